The molecule has 0 radical (unpaired) electrons. The summed E-state index contributed by atoms with van der Waals surface area (Å²) in [6, 6.07) is 21.1. The van der Waals surface area contributed by atoms with E-state index in [2.05, 4.69) is 55.6 Å². The minimum absolute atomic E-state index is 0.0643. The molecule has 1 N–H and O–H groups in total. The van der Waals surface area contributed by atoms with Crippen LogP contribution in [0.15, 0.2) is 60.7 Å². The SMILES string of the molecule is CC1(C)c2ccccc2-c2ccc3c(c21)Oc1ccccc1N3. The van der Waals surface area contributed by atoms with Gasteiger partial charge in [0.1, 0.15) is 0 Å². The maximum atomic E-state index is 6.32. The normalized spacial score (nSPS) is 15.6. The first-order chi connectivity index (χ1) is 11.2. The average molecular weight is 299 g/mol. The predicted molar refractivity (Wildman–Crippen MR) is 93.8 cm³/mol. The molecule has 1 aliphatic heterocycles. The van der Waals surface area contributed by atoms with Gasteiger partial charge in [0.15, 0.2) is 11.5 Å². The van der Waals surface area contributed by atoms with E-state index in [4.69, 9.17) is 4.74 Å². The predicted octanol–water partition coefficient (Wildman–Crippen LogP) is 5.84. The third kappa shape index (κ3) is 1.58. The molecule has 3 aromatic carbocycles. The highest BCUT2D eigenvalue weighted by molar-refractivity contribution is 5.89. The molecule has 2 aliphatic rings. The fourth-order valence-corrected chi connectivity index (χ4v) is 3.94. The van der Waals surface area contributed by atoms with Crippen molar-refractivity contribution >= 4 is 11.4 Å². The number of benzene rings is 3. The Hall–Kier alpha value is -2.74. The van der Waals surface area contributed by atoms with Gasteiger partial charge >= 0.3 is 0 Å². The lowest BCUT2D eigenvalue weighted by atomic mass is 9.81. The summed E-state index contributed by atoms with van der Waals surface area (Å²) in [6.45, 7) is 4.56. The number of hydrogen-bond donors (Lipinski definition) is 1. The summed E-state index contributed by atoms with van der Waals surface area (Å²) in [4.78, 5) is 0. The van der Waals surface area contributed by atoms with Gasteiger partial charge in [-0.2, -0.15) is 0 Å². The van der Waals surface area contributed by atoms with Gasteiger partial charge in [0.05, 0.1) is 11.4 Å². The first kappa shape index (κ1) is 12.8. The maximum Gasteiger partial charge on any atom is 0.155 e. The van der Waals surface area contributed by atoms with E-state index in [0.717, 1.165) is 22.9 Å². The van der Waals surface area contributed by atoms with E-state index in [9.17, 15) is 0 Å². The summed E-state index contributed by atoms with van der Waals surface area (Å²) in [6.07, 6.45) is 0. The van der Waals surface area contributed by atoms with Crippen LogP contribution in [0.1, 0.15) is 25.0 Å². The maximum absolute atomic E-state index is 6.32. The van der Waals surface area contributed by atoms with Crippen LogP contribution in [0.4, 0.5) is 11.4 Å². The van der Waals surface area contributed by atoms with Crippen LogP contribution in [0.2, 0.25) is 0 Å². The van der Waals surface area contributed by atoms with Crippen molar-refractivity contribution in [1.29, 1.82) is 0 Å². The van der Waals surface area contributed by atoms with Crippen LogP contribution in [-0.4, -0.2) is 0 Å². The fraction of sp³-hybridized carbons (Fsp3) is 0.143. The van der Waals surface area contributed by atoms with Gasteiger partial charge < -0.3 is 10.1 Å². The number of rotatable bonds is 0. The highest BCUT2D eigenvalue weighted by Gasteiger charge is 2.39. The summed E-state index contributed by atoms with van der Waals surface area (Å²) in [5.74, 6) is 1.85. The summed E-state index contributed by atoms with van der Waals surface area (Å²) in [7, 11) is 0. The number of hydrogen-bond acceptors (Lipinski definition) is 2. The first-order valence-corrected chi connectivity index (χ1v) is 7.97. The molecule has 1 heterocycles. The van der Waals surface area contributed by atoms with Gasteiger partial charge in [0.2, 0.25) is 0 Å². The second kappa shape index (κ2) is 4.17. The Balaban J connectivity index is 1.78. The van der Waals surface area contributed by atoms with E-state index in [1.54, 1.807) is 0 Å². The van der Waals surface area contributed by atoms with E-state index in [1.165, 1.54) is 22.3 Å². The zero-order valence-corrected chi connectivity index (χ0v) is 13.2. The topological polar surface area (TPSA) is 21.3 Å². The third-order valence-corrected chi connectivity index (χ3v) is 5.04. The lowest BCUT2D eigenvalue weighted by molar-refractivity contribution is 0.463. The highest BCUT2D eigenvalue weighted by Crippen LogP contribution is 2.56. The third-order valence-electron chi connectivity index (χ3n) is 5.04. The van der Waals surface area contributed by atoms with Crippen molar-refractivity contribution in [3.05, 3.63) is 71.8 Å². The smallest absolute Gasteiger partial charge is 0.155 e. The van der Waals surface area contributed by atoms with Crippen molar-refractivity contribution in [2.24, 2.45) is 0 Å². The van der Waals surface area contributed by atoms with Crippen molar-refractivity contribution in [1.82, 2.24) is 0 Å². The molecule has 0 spiro atoms. The molecule has 0 atom stereocenters. The van der Waals surface area contributed by atoms with Crippen LogP contribution in [0.5, 0.6) is 11.5 Å². The second-order valence-electron chi connectivity index (χ2n) is 6.76. The largest absolute Gasteiger partial charge is 0.453 e. The Bertz CT molecular complexity index is 956. The molecule has 0 saturated heterocycles. The lowest BCUT2D eigenvalue weighted by Crippen LogP contribution is -2.17. The number of ether oxygens (including phenoxy) is 1. The molecule has 0 aromatic heterocycles. The molecule has 5 rings (SSSR count). The van der Waals surface area contributed by atoms with Gasteiger partial charge in [0.25, 0.3) is 0 Å². The molecule has 0 saturated carbocycles. The Kier molecular flexibility index (Phi) is 2.31. The van der Waals surface area contributed by atoms with Crippen LogP contribution < -0.4 is 10.1 Å². The van der Waals surface area contributed by atoms with Crippen LogP contribution in [0.25, 0.3) is 11.1 Å². The van der Waals surface area contributed by atoms with Crippen molar-refractivity contribution < 1.29 is 4.74 Å². The van der Waals surface area contributed by atoms with Gasteiger partial charge in [-0.05, 0) is 34.9 Å². The fourth-order valence-electron chi connectivity index (χ4n) is 3.94. The average Bonchev–Trinajstić information content (AvgIpc) is 2.81. The minimum Gasteiger partial charge on any atom is -0.453 e. The lowest BCUT2D eigenvalue weighted by Gasteiger charge is -2.29. The molecular weight excluding hydrogens is 282 g/mol. The molecule has 0 amide bonds. The van der Waals surface area contributed by atoms with Gasteiger partial charge in [-0.1, -0.05) is 56.3 Å². The van der Waals surface area contributed by atoms with Gasteiger partial charge in [-0.15, -0.1) is 0 Å². The summed E-state index contributed by atoms with van der Waals surface area (Å²) in [5.41, 5.74) is 7.24. The first-order valence-electron chi connectivity index (χ1n) is 7.97. The van der Waals surface area contributed by atoms with E-state index in [1.807, 2.05) is 24.3 Å². The summed E-state index contributed by atoms with van der Waals surface area (Å²) >= 11 is 0. The number of anilines is 2. The van der Waals surface area contributed by atoms with Crippen LogP contribution in [-0.2, 0) is 5.41 Å². The number of para-hydroxylation sites is 2. The molecule has 23 heavy (non-hydrogen) atoms. The molecule has 0 bridgehead atoms. The van der Waals surface area contributed by atoms with Gasteiger partial charge in [-0.25, -0.2) is 0 Å². The van der Waals surface area contributed by atoms with Crippen molar-refractivity contribution in [2.45, 2.75) is 19.3 Å². The Labute approximate surface area is 135 Å². The zero-order valence-electron chi connectivity index (χ0n) is 13.2. The molecule has 2 nitrogen and oxygen atoms in total. The highest BCUT2D eigenvalue weighted by atomic mass is 16.5. The zero-order chi connectivity index (χ0) is 15.6. The quantitative estimate of drug-likeness (QED) is 0.440. The molecule has 3 aromatic rings. The van der Waals surface area contributed by atoms with Gasteiger partial charge in [0, 0.05) is 11.0 Å². The van der Waals surface area contributed by atoms with Crippen LogP contribution in [0.3, 0.4) is 0 Å². The Morgan fingerprint density at radius 3 is 2.48 bits per heavy atom. The summed E-state index contributed by atoms with van der Waals surface area (Å²) < 4.78 is 6.32. The Morgan fingerprint density at radius 2 is 1.57 bits per heavy atom. The van der Waals surface area contributed by atoms with Crippen LogP contribution in [0, 0.1) is 0 Å². The van der Waals surface area contributed by atoms with E-state index in [-0.39, 0.29) is 5.41 Å². The van der Waals surface area contributed by atoms with Crippen molar-refractivity contribution in [3.63, 3.8) is 0 Å². The number of fused-ring (bicyclic) bond motifs is 6. The van der Waals surface area contributed by atoms with E-state index in [0.29, 0.717) is 0 Å². The van der Waals surface area contributed by atoms with Gasteiger partial charge in [-0.3, -0.25) is 0 Å². The standard InChI is InChI=1S/C21H17NO/c1-21(2)15-8-4-3-7-13(15)14-11-12-17-20(19(14)21)23-18-10-6-5-9-16(18)22-17/h3-12,22H,1-2H3. The molecule has 0 unspecified atom stereocenters. The van der Waals surface area contributed by atoms with Crippen LogP contribution >= 0.6 is 0 Å². The van der Waals surface area contributed by atoms with Crippen molar-refractivity contribution in [2.75, 3.05) is 5.32 Å². The monoisotopic (exact) mass is 299 g/mol. The molecule has 2 heteroatoms. The number of nitrogens with one attached hydrogen (secondary N) is 1. The molecule has 0 fully saturated rings. The second-order valence-corrected chi connectivity index (χ2v) is 6.76. The van der Waals surface area contributed by atoms with E-state index < -0.39 is 0 Å². The molecule has 112 valence electrons. The summed E-state index contributed by atoms with van der Waals surface area (Å²) in [5, 5.41) is 3.51. The molecular formula is C21H17NO. The van der Waals surface area contributed by atoms with E-state index >= 15 is 0 Å². The minimum atomic E-state index is -0.0643. The van der Waals surface area contributed by atoms with Crippen molar-refractivity contribution in [3.8, 4) is 22.6 Å². The Morgan fingerprint density at radius 1 is 0.783 bits per heavy atom. The molecule has 1 aliphatic carbocycles.